The monoisotopic (exact) mass is 278 g/mol. The number of likely N-dealkylation sites (tertiary alicyclic amines) is 1. The van der Waals surface area contributed by atoms with Crippen molar-refractivity contribution in [3.05, 3.63) is 18.2 Å². The summed E-state index contributed by atoms with van der Waals surface area (Å²) in [7, 11) is 4.72. The molecular weight excluding hydrogens is 260 g/mol. The minimum atomic E-state index is -0.432. The fraction of sp³-hybridized carbons (Fsp3) is 0.429. The van der Waals surface area contributed by atoms with Crippen molar-refractivity contribution in [2.45, 2.75) is 18.9 Å². The Morgan fingerprint density at radius 1 is 1.35 bits per heavy atom. The summed E-state index contributed by atoms with van der Waals surface area (Å²) in [6, 6.07) is 4.73. The van der Waals surface area contributed by atoms with Crippen LogP contribution in [0, 0.1) is 0 Å². The van der Waals surface area contributed by atoms with Gasteiger partial charge in [0.05, 0.1) is 19.9 Å². The summed E-state index contributed by atoms with van der Waals surface area (Å²) in [5.41, 5.74) is 0.532. The van der Waals surface area contributed by atoms with Crippen molar-refractivity contribution in [3.63, 3.8) is 0 Å². The fourth-order valence-electron chi connectivity index (χ4n) is 2.24. The number of anilines is 1. The third-order valence-corrected chi connectivity index (χ3v) is 3.46. The van der Waals surface area contributed by atoms with Crippen molar-refractivity contribution in [1.82, 2.24) is 4.90 Å². The van der Waals surface area contributed by atoms with Gasteiger partial charge < -0.3 is 19.7 Å². The Hall–Kier alpha value is -2.24. The lowest BCUT2D eigenvalue weighted by Gasteiger charge is -2.20. The molecule has 6 nitrogen and oxygen atoms in total. The average molecular weight is 278 g/mol. The van der Waals surface area contributed by atoms with Gasteiger partial charge in [-0.05, 0) is 18.6 Å². The van der Waals surface area contributed by atoms with E-state index in [2.05, 4.69) is 5.32 Å². The molecule has 6 heteroatoms. The Balaban J connectivity index is 2.16. The summed E-state index contributed by atoms with van der Waals surface area (Å²) >= 11 is 0. The fourth-order valence-corrected chi connectivity index (χ4v) is 2.24. The van der Waals surface area contributed by atoms with Crippen LogP contribution in [-0.2, 0) is 9.59 Å². The van der Waals surface area contributed by atoms with Crippen LogP contribution in [0.1, 0.15) is 12.8 Å². The summed E-state index contributed by atoms with van der Waals surface area (Å²) in [6.07, 6.45) is 0.942. The van der Waals surface area contributed by atoms with E-state index in [1.807, 2.05) is 0 Å². The first-order valence-corrected chi connectivity index (χ1v) is 6.35. The largest absolute Gasteiger partial charge is 0.497 e. The van der Waals surface area contributed by atoms with Crippen LogP contribution in [0.4, 0.5) is 5.69 Å². The first-order valence-electron chi connectivity index (χ1n) is 6.35. The number of nitrogens with one attached hydrogen (secondary N) is 1. The van der Waals surface area contributed by atoms with Gasteiger partial charge >= 0.3 is 0 Å². The Kier molecular flexibility index (Phi) is 4.12. The van der Waals surface area contributed by atoms with E-state index in [0.29, 0.717) is 30.0 Å². The van der Waals surface area contributed by atoms with Gasteiger partial charge in [-0.3, -0.25) is 9.59 Å². The Labute approximate surface area is 117 Å². The topological polar surface area (TPSA) is 67.9 Å². The van der Waals surface area contributed by atoms with Crippen LogP contribution < -0.4 is 14.8 Å². The summed E-state index contributed by atoms with van der Waals surface area (Å²) < 4.78 is 10.3. The second-order valence-electron chi connectivity index (χ2n) is 4.61. The highest BCUT2D eigenvalue weighted by Gasteiger charge is 2.33. The maximum absolute atomic E-state index is 12.2. The third kappa shape index (κ3) is 2.68. The number of carbonyl (C=O) groups excluding carboxylic acids is 2. The normalized spacial score (nSPS) is 18.1. The van der Waals surface area contributed by atoms with Gasteiger partial charge in [0.25, 0.3) is 0 Å². The number of methoxy groups -OCH3 is 2. The van der Waals surface area contributed by atoms with E-state index in [9.17, 15) is 9.59 Å². The molecule has 1 aliphatic heterocycles. The number of amides is 2. The zero-order valence-corrected chi connectivity index (χ0v) is 11.8. The molecule has 1 heterocycles. The van der Waals surface area contributed by atoms with Crippen LogP contribution in [0.2, 0.25) is 0 Å². The first kappa shape index (κ1) is 14.2. The number of hydrogen-bond acceptors (Lipinski definition) is 4. The summed E-state index contributed by atoms with van der Waals surface area (Å²) in [5.74, 6) is 0.940. The number of hydrogen-bond donors (Lipinski definition) is 1. The number of nitrogens with zero attached hydrogens (tertiary/aromatic N) is 1. The molecule has 20 heavy (non-hydrogen) atoms. The minimum Gasteiger partial charge on any atom is -0.497 e. The van der Waals surface area contributed by atoms with E-state index in [1.165, 1.54) is 12.0 Å². The number of ether oxygens (including phenoxy) is 2. The van der Waals surface area contributed by atoms with Gasteiger partial charge in [-0.1, -0.05) is 0 Å². The molecule has 1 fully saturated rings. The molecule has 1 aliphatic rings. The molecule has 1 N–H and O–H groups in total. The van der Waals surface area contributed by atoms with Crippen molar-refractivity contribution in [2.75, 3.05) is 26.6 Å². The lowest BCUT2D eigenvalue weighted by molar-refractivity contribution is -0.131. The Morgan fingerprint density at radius 2 is 2.10 bits per heavy atom. The number of benzene rings is 1. The molecule has 0 radical (unpaired) electrons. The summed E-state index contributed by atoms with van der Waals surface area (Å²) in [5, 5.41) is 2.79. The lowest BCUT2D eigenvalue weighted by Crippen LogP contribution is -2.38. The van der Waals surface area contributed by atoms with E-state index in [-0.39, 0.29) is 11.8 Å². The second-order valence-corrected chi connectivity index (χ2v) is 4.61. The average Bonchev–Trinajstić information content (AvgIpc) is 2.79. The van der Waals surface area contributed by atoms with Gasteiger partial charge in [0.1, 0.15) is 17.5 Å². The van der Waals surface area contributed by atoms with Crippen LogP contribution in [0.3, 0.4) is 0 Å². The van der Waals surface area contributed by atoms with Crippen LogP contribution in [-0.4, -0.2) is 44.0 Å². The van der Waals surface area contributed by atoms with Gasteiger partial charge in [-0.15, -0.1) is 0 Å². The summed E-state index contributed by atoms with van der Waals surface area (Å²) in [6.45, 7) is 0. The number of likely N-dealkylation sites (N-methyl/N-ethyl adjacent to an activating group) is 1. The number of rotatable bonds is 4. The molecular formula is C14H18N2O4. The molecule has 0 saturated carbocycles. The van der Waals surface area contributed by atoms with Crippen LogP contribution >= 0.6 is 0 Å². The quantitative estimate of drug-likeness (QED) is 0.900. The molecule has 0 bridgehead atoms. The number of carbonyl (C=O) groups is 2. The molecule has 1 aromatic carbocycles. The highest BCUT2D eigenvalue weighted by molar-refractivity contribution is 5.99. The second kappa shape index (κ2) is 5.81. The predicted molar refractivity (Wildman–Crippen MR) is 74.0 cm³/mol. The third-order valence-electron chi connectivity index (χ3n) is 3.46. The molecule has 1 saturated heterocycles. The van der Waals surface area contributed by atoms with Crippen molar-refractivity contribution in [1.29, 1.82) is 0 Å². The zero-order valence-electron chi connectivity index (χ0n) is 11.8. The van der Waals surface area contributed by atoms with Crippen LogP contribution in [0.15, 0.2) is 18.2 Å². The van der Waals surface area contributed by atoms with E-state index in [1.54, 1.807) is 32.4 Å². The molecule has 0 aliphatic carbocycles. The molecule has 2 amide bonds. The lowest BCUT2D eigenvalue weighted by atomic mass is 10.2. The van der Waals surface area contributed by atoms with E-state index in [4.69, 9.17) is 9.47 Å². The Bertz CT molecular complexity index is 530. The van der Waals surface area contributed by atoms with Gasteiger partial charge in [-0.25, -0.2) is 0 Å². The molecule has 1 unspecified atom stereocenters. The molecule has 108 valence electrons. The van der Waals surface area contributed by atoms with Gasteiger partial charge in [0.2, 0.25) is 11.8 Å². The van der Waals surface area contributed by atoms with E-state index >= 15 is 0 Å². The molecule has 0 aromatic heterocycles. The zero-order chi connectivity index (χ0) is 14.7. The first-order chi connectivity index (χ1) is 9.56. The van der Waals surface area contributed by atoms with Gasteiger partial charge in [0, 0.05) is 19.5 Å². The SMILES string of the molecule is COc1ccc(OC)c(NC(=O)C2CCC(=O)N2C)c1. The minimum absolute atomic E-state index is 0.0113. The molecule has 2 rings (SSSR count). The standard InChI is InChI=1S/C14H18N2O4/c1-16-11(5-7-13(16)17)14(18)15-10-8-9(19-2)4-6-12(10)20-3/h4,6,8,11H,5,7H2,1-3H3,(H,15,18). The highest BCUT2D eigenvalue weighted by atomic mass is 16.5. The van der Waals surface area contributed by atoms with Gasteiger partial charge in [0.15, 0.2) is 0 Å². The van der Waals surface area contributed by atoms with Gasteiger partial charge in [-0.2, -0.15) is 0 Å². The molecule has 1 atom stereocenters. The van der Waals surface area contributed by atoms with Crippen molar-refractivity contribution >= 4 is 17.5 Å². The maximum Gasteiger partial charge on any atom is 0.247 e. The summed E-state index contributed by atoms with van der Waals surface area (Å²) in [4.78, 5) is 25.2. The molecule has 1 aromatic rings. The van der Waals surface area contributed by atoms with Crippen molar-refractivity contribution in [3.8, 4) is 11.5 Å². The maximum atomic E-state index is 12.2. The van der Waals surface area contributed by atoms with Crippen LogP contribution in [0.25, 0.3) is 0 Å². The molecule has 0 spiro atoms. The van der Waals surface area contributed by atoms with Crippen molar-refractivity contribution in [2.24, 2.45) is 0 Å². The Morgan fingerprint density at radius 3 is 2.65 bits per heavy atom. The highest BCUT2D eigenvalue weighted by Crippen LogP contribution is 2.29. The van der Waals surface area contributed by atoms with Crippen molar-refractivity contribution < 1.29 is 19.1 Å². The smallest absolute Gasteiger partial charge is 0.247 e. The predicted octanol–water partition coefficient (Wildman–Crippen LogP) is 1.26. The van der Waals surface area contributed by atoms with E-state index < -0.39 is 6.04 Å². The van der Waals surface area contributed by atoms with E-state index in [0.717, 1.165) is 0 Å². The van der Waals surface area contributed by atoms with Crippen LogP contribution in [0.5, 0.6) is 11.5 Å².